The van der Waals surface area contributed by atoms with Gasteiger partial charge in [0.2, 0.25) is 0 Å². The largest absolute Gasteiger partial charge is 0.419 e. The van der Waals surface area contributed by atoms with E-state index in [0.717, 1.165) is 17.7 Å². The molecule has 0 bridgehead atoms. The predicted octanol–water partition coefficient (Wildman–Crippen LogP) is 3.64. The first-order valence-electron chi connectivity index (χ1n) is 6.11. The van der Waals surface area contributed by atoms with Crippen molar-refractivity contribution >= 4 is 5.91 Å². The van der Waals surface area contributed by atoms with Crippen LogP contribution >= 0.6 is 0 Å². The lowest BCUT2D eigenvalue weighted by molar-refractivity contribution is -0.140. The van der Waals surface area contributed by atoms with E-state index in [4.69, 9.17) is 0 Å². The molecule has 0 unspecified atom stereocenters. The molecule has 0 atom stereocenters. The highest BCUT2D eigenvalue weighted by Gasteiger charge is 2.36. The summed E-state index contributed by atoms with van der Waals surface area (Å²) in [5.74, 6) is -2.21. The quantitative estimate of drug-likeness (QED) is 0.570. The van der Waals surface area contributed by atoms with Crippen molar-refractivity contribution in [2.24, 2.45) is 0 Å². The predicted molar refractivity (Wildman–Crippen MR) is 65.7 cm³/mol. The number of amides is 1. The Balaban J connectivity index is 2.34. The Morgan fingerprint density at radius 3 is 2.60 bits per heavy atom. The molecule has 0 aliphatic carbocycles. The molecule has 0 N–H and O–H groups in total. The second-order valence-corrected chi connectivity index (χ2v) is 4.73. The van der Waals surface area contributed by atoms with E-state index in [1.807, 2.05) is 13.0 Å². The summed E-state index contributed by atoms with van der Waals surface area (Å²) in [6, 6.07) is 2.76. The van der Waals surface area contributed by atoms with Crippen molar-refractivity contribution in [3.63, 3.8) is 0 Å². The molecular weight excluding hydrogens is 274 g/mol. The number of nitrogens with zero attached hydrogens (tertiary/aromatic N) is 1. The molecule has 1 aromatic rings. The monoisotopic (exact) mass is 287 g/mol. The molecule has 0 fully saturated rings. The lowest BCUT2D eigenvalue weighted by Crippen LogP contribution is -2.36. The summed E-state index contributed by atoms with van der Waals surface area (Å²) in [6.45, 7) is 2.52. The zero-order chi connectivity index (χ0) is 14.9. The van der Waals surface area contributed by atoms with E-state index < -0.39 is 29.0 Å². The minimum atomic E-state index is -4.81. The normalized spacial score (nSPS) is 16.1. The molecule has 2 rings (SSSR count). The van der Waals surface area contributed by atoms with Crippen molar-refractivity contribution in [3.8, 4) is 0 Å². The molecule has 0 radical (unpaired) electrons. The van der Waals surface area contributed by atoms with Crippen molar-refractivity contribution in [3.05, 3.63) is 46.8 Å². The first-order chi connectivity index (χ1) is 9.30. The van der Waals surface area contributed by atoms with Gasteiger partial charge in [0.1, 0.15) is 5.82 Å². The van der Waals surface area contributed by atoms with Gasteiger partial charge in [-0.2, -0.15) is 13.2 Å². The molecule has 6 heteroatoms. The smallest absolute Gasteiger partial charge is 0.334 e. The number of rotatable bonds is 1. The molecule has 108 valence electrons. The van der Waals surface area contributed by atoms with E-state index in [2.05, 4.69) is 0 Å². The zero-order valence-corrected chi connectivity index (χ0v) is 10.8. The van der Waals surface area contributed by atoms with Crippen LogP contribution in [0.15, 0.2) is 29.8 Å². The molecule has 0 aromatic heterocycles. The van der Waals surface area contributed by atoms with Crippen LogP contribution in [0.3, 0.4) is 0 Å². The van der Waals surface area contributed by atoms with Crippen LogP contribution in [0.2, 0.25) is 0 Å². The van der Waals surface area contributed by atoms with E-state index >= 15 is 0 Å². The van der Waals surface area contributed by atoms with Gasteiger partial charge in [-0.05, 0) is 25.5 Å². The molecule has 0 spiro atoms. The van der Waals surface area contributed by atoms with Gasteiger partial charge in [-0.1, -0.05) is 17.7 Å². The number of alkyl halides is 3. The first-order valence-corrected chi connectivity index (χ1v) is 6.11. The van der Waals surface area contributed by atoms with Crippen LogP contribution in [-0.4, -0.2) is 23.9 Å². The minimum Gasteiger partial charge on any atom is -0.334 e. The van der Waals surface area contributed by atoms with Gasteiger partial charge in [-0.3, -0.25) is 4.79 Å². The van der Waals surface area contributed by atoms with Gasteiger partial charge >= 0.3 is 6.18 Å². The highest BCUT2D eigenvalue weighted by Crippen LogP contribution is 2.32. The average molecular weight is 287 g/mol. The van der Waals surface area contributed by atoms with Crippen LogP contribution in [0.25, 0.3) is 0 Å². The minimum absolute atomic E-state index is 0.314. The third-order valence-electron chi connectivity index (χ3n) is 3.15. The van der Waals surface area contributed by atoms with Gasteiger partial charge in [0.15, 0.2) is 0 Å². The Labute approximate surface area is 113 Å². The summed E-state index contributed by atoms with van der Waals surface area (Å²) in [7, 11) is 0. The van der Waals surface area contributed by atoms with Crippen LogP contribution in [0, 0.1) is 5.82 Å². The van der Waals surface area contributed by atoms with E-state index in [9.17, 15) is 22.4 Å². The molecular formula is C14H13F4NO. The number of hydrogen-bond donors (Lipinski definition) is 0. The fraction of sp³-hybridized carbons (Fsp3) is 0.357. The number of carbonyl (C=O) groups excluding carboxylic acids is 1. The summed E-state index contributed by atoms with van der Waals surface area (Å²) in [6.07, 6.45) is -2.23. The molecule has 0 saturated carbocycles. The number of hydrogen-bond acceptors (Lipinski definition) is 1. The Hall–Kier alpha value is -1.85. The first kappa shape index (κ1) is 14.6. The van der Waals surface area contributed by atoms with Gasteiger partial charge in [0, 0.05) is 13.1 Å². The lowest BCUT2D eigenvalue weighted by atomic mass is 10.1. The highest BCUT2D eigenvalue weighted by atomic mass is 19.4. The SMILES string of the molecule is CC1=CCCN(C(=O)c2cccc(C(F)(F)F)c2F)C1. The molecule has 20 heavy (non-hydrogen) atoms. The van der Waals surface area contributed by atoms with Crippen LogP contribution in [0.4, 0.5) is 17.6 Å². The van der Waals surface area contributed by atoms with Gasteiger partial charge in [-0.15, -0.1) is 0 Å². The lowest BCUT2D eigenvalue weighted by Gasteiger charge is -2.26. The second-order valence-electron chi connectivity index (χ2n) is 4.73. The molecule has 1 heterocycles. The van der Waals surface area contributed by atoms with Gasteiger partial charge in [0.25, 0.3) is 5.91 Å². The number of benzene rings is 1. The second kappa shape index (κ2) is 5.26. The zero-order valence-electron chi connectivity index (χ0n) is 10.8. The molecule has 1 aliphatic heterocycles. The van der Waals surface area contributed by atoms with Crippen LogP contribution in [0.5, 0.6) is 0 Å². The average Bonchev–Trinajstić information content (AvgIpc) is 2.37. The van der Waals surface area contributed by atoms with Crippen LogP contribution < -0.4 is 0 Å². The van der Waals surface area contributed by atoms with Gasteiger partial charge in [0.05, 0.1) is 11.1 Å². The summed E-state index contributed by atoms with van der Waals surface area (Å²) >= 11 is 0. The van der Waals surface area contributed by atoms with Crippen LogP contribution in [-0.2, 0) is 6.18 Å². The molecule has 0 saturated heterocycles. The highest BCUT2D eigenvalue weighted by molar-refractivity contribution is 5.95. The third kappa shape index (κ3) is 2.84. The van der Waals surface area contributed by atoms with Crippen molar-refractivity contribution < 1.29 is 22.4 Å². The topological polar surface area (TPSA) is 20.3 Å². The van der Waals surface area contributed by atoms with Gasteiger partial charge in [-0.25, -0.2) is 4.39 Å². The van der Waals surface area contributed by atoms with E-state index in [1.165, 1.54) is 4.90 Å². The van der Waals surface area contributed by atoms with E-state index in [0.29, 0.717) is 25.6 Å². The molecule has 1 aromatic carbocycles. The summed E-state index contributed by atoms with van der Waals surface area (Å²) in [4.78, 5) is 13.5. The van der Waals surface area contributed by atoms with E-state index in [1.54, 1.807) is 0 Å². The van der Waals surface area contributed by atoms with Crippen molar-refractivity contribution in [1.82, 2.24) is 4.90 Å². The fourth-order valence-electron chi connectivity index (χ4n) is 2.17. The van der Waals surface area contributed by atoms with Crippen molar-refractivity contribution in [2.45, 2.75) is 19.5 Å². The fourth-order valence-corrected chi connectivity index (χ4v) is 2.17. The van der Waals surface area contributed by atoms with Crippen LogP contribution in [0.1, 0.15) is 29.3 Å². The summed E-state index contributed by atoms with van der Waals surface area (Å²) in [5, 5.41) is 0. The van der Waals surface area contributed by atoms with Gasteiger partial charge < -0.3 is 4.90 Å². The Kier molecular flexibility index (Phi) is 3.83. The molecule has 1 amide bonds. The summed E-state index contributed by atoms with van der Waals surface area (Å²) in [5.41, 5.74) is -1.00. The third-order valence-corrected chi connectivity index (χ3v) is 3.15. The van der Waals surface area contributed by atoms with Crippen molar-refractivity contribution in [2.75, 3.05) is 13.1 Å². The summed E-state index contributed by atoms with van der Waals surface area (Å²) < 4.78 is 51.8. The van der Waals surface area contributed by atoms with E-state index in [-0.39, 0.29) is 0 Å². The molecule has 1 aliphatic rings. The maximum atomic E-state index is 13.9. The Bertz CT molecular complexity index is 563. The Morgan fingerprint density at radius 2 is 2.00 bits per heavy atom. The standard InChI is InChI=1S/C14H13F4NO/c1-9-4-3-7-19(8-9)13(20)10-5-2-6-11(12(10)15)14(16,17)18/h2,4-6H,3,7-8H2,1H3. The maximum absolute atomic E-state index is 13.9. The number of carbonyl (C=O) groups is 1. The molecule has 2 nitrogen and oxygen atoms in total. The number of halogens is 4. The van der Waals surface area contributed by atoms with Crippen molar-refractivity contribution in [1.29, 1.82) is 0 Å². The maximum Gasteiger partial charge on any atom is 0.419 e. The Morgan fingerprint density at radius 1 is 1.30 bits per heavy atom.